The van der Waals surface area contributed by atoms with Crippen molar-refractivity contribution in [1.29, 1.82) is 0 Å². The van der Waals surface area contributed by atoms with Crippen molar-refractivity contribution in [2.45, 2.75) is 76.3 Å². The fraction of sp³-hybridized carbons (Fsp3) is 0.769. The minimum absolute atomic E-state index is 0.0657. The van der Waals surface area contributed by atoms with Gasteiger partial charge in [0.2, 0.25) is 0 Å². The average Bonchev–Trinajstić information content (AvgIpc) is 2.91. The second kappa shape index (κ2) is 23.2. The quantitative estimate of drug-likeness (QED) is 0.108. The topological polar surface area (TPSA) is 254 Å². The van der Waals surface area contributed by atoms with Crippen LogP contribution in [-0.2, 0) is 28.8 Å². The van der Waals surface area contributed by atoms with E-state index in [0.29, 0.717) is 25.2 Å². The monoisotopic (exact) mass is 606 g/mol. The third-order valence-corrected chi connectivity index (χ3v) is 6.64. The molecule has 16 heteroatoms. The number of nitrogens with zero attached hydrogens (tertiary/aromatic N) is 2. The molecule has 8 N–H and O–H groups in total. The molecular weight excluding hydrogens is 560 g/mol. The van der Waals surface area contributed by atoms with Crippen LogP contribution < -0.4 is 10.6 Å². The maximum absolute atomic E-state index is 11.2. The molecule has 0 atom stereocenters. The van der Waals surface area contributed by atoms with Crippen molar-refractivity contribution in [3.8, 4) is 0 Å². The van der Waals surface area contributed by atoms with Crippen LogP contribution in [0.5, 0.6) is 0 Å². The summed E-state index contributed by atoms with van der Waals surface area (Å²) in [5, 5.41) is 54.7. The Morgan fingerprint density at radius 1 is 0.452 bits per heavy atom. The lowest BCUT2D eigenvalue weighted by Crippen LogP contribution is -2.48. The lowest BCUT2D eigenvalue weighted by molar-refractivity contribution is -0.141. The van der Waals surface area contributed by atoms with E-state index in [4.69, 9.17) is 20.4 Å². The van der Waals surface area contributed by atoms with Crippen molar-refractivity contribution in [1.82, 2.24) is 20.4 Å². The highest BCUT2D eigenvalue weighted by Gasteiger charge is 2.27. The Kier molecular flexibility index (Phi) is 21.4. The standard InChI is InChI=1S/C18H32N2O4.2C4H7NO4/c21-17(22)13-19(15-7-3-1-4-8-15)11-12-20(14-18(23)24)16-9-5-2-6-10-16;2*6-3(7)1-5-2-4(8)9/h15-16H,1-14H2,(H,21,22)(H,23,24);2*5H,1-2H2,(H,6,7)(H,8,9). The summed E-state index contributed by atoms with van der Waals surface area (Å²) in [7, 11) is 0. The minimum Gasteiger partial charge on any atom is -0.480 e. The van der Waals surface area contributed by atoms with Crippen LogP contribution >= 0.6 is 0 Å². The molecule has 0 unspecified atom stereocenters. The van der Waals surface area contributed by atoms with Gasteiger partial charge >= 0.3 is 35.8 Å². The molecule has 0 radical (unpaired) electrons. The van der Waals surface area contributed by atoms with Gasteiger partial charge in [-0.15, -0.1) is 0 Å². The lowest BCUT2D eigenvalue weighted by atomic mass is 9.93. The first-order chi connectivity index (χ1) is 19.8. The number of nitrogens with one attached hydrogen (secondary N) is 2. The van der Waals surface area contributed by atoms with Crippen molar-refractivity contribution in [3.05, 3.63) is 0 Å². The first-order valence-corrected chi connectivity index (χ1v) is 14.0. The van der Waals surface area contributed by atoms with Gasteiger partial charge in [0, 0.05) is 25.2 Å². The average molecular weight is 607 g/mol. The van der Waals surface area contributed by atoms with Crippen LogP contribution in [0.1, 0.15) is 64.2 Å². The molecule has 16 nitrogen and oxygen atoms in total. The maximum Gasteiger partial charge on any atom is 0.317 e. The van der Waals surface area contributed by atoms with Crippen LogP contribution in [0, 0.1) is 0 Å². The van der Waals surface area contributed by atoms with Crippen LogP contribution in [0.15, 0.2) is 0 Å². The smallest absolute Gasteiger partial charge is 0.317 e. The molecule has 0 aromatic rings. The fourth-order valence-electron chi connectivity index (χ4n) is 4.83. The van der Waals surface area contributed by atoms with Gasteiger partial charge in [0.25, 0.3) is 0 Å². The van der Waals surface area contributed by atoms with Gasteiger partial charge in [-0.1, -0.05) is 38.5 Å². The molecule has 0 saturated heterocycles. The number of rotatable bonds is 17. The SMILES string of the molecule is O=C(O)CN(CCN(CC(=O)O)C1CCCCC1)C1CCCCC1.O=C(O)CNCC(=O)O.O=C(O)CNCC(=O)O. The largest absolute Gasteiger partial charge is 0.480 e. The summed E-state index contributed by atoms with van der Waals surface area (Å²) in [6.45, 7) is 0.186. The van der Waals surface area contributed by atoms with Crippen molar-refractivity contribution in [2.75, 3.05) is 52.4 Å². The molecule has 0 aromatic carbocycles. The second-order valence-corrected chi connectivity index (χ2v) is 10.1. The number of carboxylic acid groups (broad SMARTS) is 6. The van der Waals surface area contributed by atoms with E-state index in [1.165, 1.54) is 38.5 Å². The molecule has 42 heavy (non-hydrogen) atoms. The highest BCUT2D eigenvalue weighted by molar-refractivity contribution is 5.73. The van der Waals surface area contributed by atoms with Crippen LogP contribution in [0.3, 0.4) is 0 Å². The van der Waals surface area contributed by atoms with Crippen molar-refractivity contribution >= 4 is 35.8 Å². The maximum atomic E-state index is 11.2. The summed E-state index contributed by atoms with van der Waals surface area (Å²) in [4.78, 5) is 65.5. The van der Waals surface area contributed by atoms with Crippen LogP contribution in [0.4, 0.5) is 0 Å². The van der Waals surface area contributed by atoms with Gasteiger partial charge in [0.1, 0.15) is 0 Å². The summed E-state index contributed by atoms with van der Waals surface area (Å²) < 4.78 is 0. The molecule has 242 valence electrons. The third kappa shape index (κ3) is 22.4. The first kappa shape index (κ1) is 38.7. The predicted octanol–water partition coefficient (Wildman–Crippen LogP) is -0.0846. The van der Waals surface area contributed by atoms with Crippen molar-refractivity contribution < 1.29 is 59.4 Å². The predicted molar refractivity (Wildman–Crippen MR) is 148 cm³/mol. The van der Waals surface area contributed by atoms with E-state index in [2.05, 4.69) is 20.4 Å². The Bertz CT molecular complexity index is 749. The molecular formula is C26H46N4O12. The summed E-state index contributed by atoms with van der Waals surface area (Å²) in [5.74, 6) is -5.81. The Hall–Kier alpha value is -3.34. The molecule has 0 bridgehead atoms. The van der Waals surface area contributed by atoms with E-state index in [1.807, 2.05) is 0 Å². The summed E-state index contributed by atoms with van der Waals surface area (Å²) in [6.07, 6.45) is 11.4. The third-order valence-electron chi connectivity index (χ3n) is 6.64. The molecule has 2 saturated carbocycles. The van der Waals surface area contributed by atoms with E-state index in [9.17, 15) is 39.0 Å². The summed E-state index contributed by atoms with van der Waals surface area (Å²) in [5.41, 5.74) is 0. The zero-order valence-corrected chi connectivity index (χ0v) is 23.9. The zero-order valence-electron chi connectivity index (χ0n) is 23.9. The highest BCUT2D eigenvalue weighted by atomic mass is 16.4. The molecule has 0 spiro atoms. The molecule has 2 rings (SSSR count). The number of carboxylic acids is 6. The number of carbonyl (C=O) groups is 6. The van der Waals surface area contributed by atoms with Crippen LogP contribution in [0.2, 0.25) is 0 Å². The van der Waals surface area contributed by atoms with Crippen molar-refractivity contribution in [3.63, 3.8) is 0 Å². The van der Waals surface area contributed by atoms with E-state index in [0.717, 1.165) is 25.7 Å². The van der Waals surface area contributed by atoms with Crippen LogP contribution in [-0.4, -0.2) is 141 Å². The van der Waals surface area contributed by atoms with Gasteiger partial charge in [-0.2, -0.15) is 0 Å². The fourth-order valence-corrected chi connectivity index (χ4v) is 4.83. The first-order valence-electron chi connectivity index (χ1n) is 14.0. The normalized spacial score (nSPS) is 15.6. The molecule has 0 aliphatic heterocycles. The number of aliphatic carboxylic acids is 6. The highest BCUT2D eigenvalue weighted by Crippen LogP contribution is 2.24. The Labute approximate surface area is 244 Å². The molecule has 0 aromatic heterocycles. The Morgan fingerprint density at radius 2 is 0.714 bits per heavy atom. The van der Waals surface area contributed by atoms with Gasteiger partial charge in [-0.25, -0.2) is 0 Å². The van der Waals surface area contributed by atoms with Crippen molar-refractivity contribution in [2.24, 2.45) is 0 Å². The van der Waals surface area contributed by atoms with Gasteiger partial charge in [0.05, 0.1) is 39.3 Å². The van der Waals surface area contributed by atoms with E-state index in [-0.39, 0.29) is 39.3 Å². The zero-order chi connectivity index (χ0) is 31.9. The van der Waals surface area contributed by atoms with Gasteiger partial charge in [-0.3, -0.25) is 49.2 Å². The van der Waals surface area contributed by atoms with E-state index >= 15 is 0 Å². The molecule has 0 amide bonds. The molecule has 2 aliphatic carbocycles. The Morgan fingerprint density at radius 3 is 0.929 bits per heavy atom. The lowest BCUT2D eigenvalue weighted by Gasteiger charge is -2.37. The van der Waals surface area contributed by atoms with Gasteiger partial charge in [-0.05, 0) is 25.7 Å². The molecule has 0 heterocycles. The molecule has 2 fully saturated rings. The van der Waals surface area contributed by atoms with E-state index in [1.54, 1.807) is 0 Å². The number of hydrogen-bond acceptors (Lipinski definition) is 10. The minimum atomic E-state index is -1.06. The van der Waals surface area contributed by atoms with E-state index < -0.39 is 35.8 Å². The summed E-state index contributed by atoms with van der Waals surface area (Å²) in [6, 6.07) is 0.681. The summed E-state index contributed by atoms with van der Waals surface area (Å²) >= 11 is 0. The Balaban J connectivity index is 0.000000768. The van der Waals surface area contributed by atoms with Crippen LogP contribution in [0.25, 0.3) is 0 Å². The molecule has 2 aliphatic rings. The second-order valence-electron chi connectivity index (χ2n) is 10.1. The van der Waals surface area contributed by atoms with Gasteiger partial charge in [0.15, 0.2) is 0 Å². The van der Waals surface area contributed by atoms with Gasteiger partial charge < -0.3 is 30.6 Å². The number of hydrogen-bond donors (Lipinski definition) is 8.